The highest BCUT2D eigenvalue weighted by atomic mass is 16.5. The standard InChI is InChI=1S/C9H13NO4/c1-6-4-14-5-7(6)10-8(11)2-3-9(12)13/h2-3,6-7H,4-5H2,1H3,(H,10,11)(H,12,13)/b3-2+. The fourth-order valence-corrected chi connectivity index (χ4v) is 1.22. The van der Waals surface area contributed by atoms with Gasteiger partial charge < -0.3 is 15.2 Å². The average molecular weight is 199 g/mol. The lowest BCUT2D eigenvalue weighted by Gasteiger charge is -2.13. The van der Waals surface area contributed by atoms with Gasteiger partial charge in [0.15, 0.2) is 0 Å². The Hall–Kier alpha value is -1.36. The van der Waals surface area contributed by atoms with Crippen molar-refractivity contribution in [3.8, 4) is 0 Å². The first-order valence-electron chi connectivity index (χ1n) is 4.39. The summed E-state index contributed by atoms with van der Waals surface area (Å²) < 4.78 is 5.14. The summed E-state index contributed by atoms with van der Waals surface area (Å²) >= 11 is 0. The first kappa shape index (κ1) is 10.7. The van der Waals surface area contributed by atoms with Gasteiger partial charge in [0.05, 0.1) is 19.3 Å². The average Bonchev–Trinajstić information content (AvgIpc) is 2.49. The van der Waals surface area contributed by atoms with Crippen LogP contribution in [-0.2, 0) is 14.3 Å². The maximum Gasteiger partial charge on any atom is 0.328 e. The SMILES string of the molecule is CC1COCC1NC(=O)/C=C/C(=O)O. The van der Waals surface area contributed by atoms with Gasteiger partial charge in [0.2, 0.25) is 5.91 Å². The van der Waals surface area contributed by atoms with E-state index in [4.69, 9.17) is 9.84 Å². The minimum absolute atomic E-state index is 0.0130. The molecule has 0 aromatic rings. The molecule has 0 aromatic carbocycles. The summed E-state index contributed by atoms with van der Waals surface area (Å²) in [5, 5.41) is 11.0. The zero-order valence-electron chi connectivity index (χ0n) is 7.90. The second-order valence-electron chi connectivity index (χ2n) is 3.30. The zero-order chi connectivity index (χ0) is 10.6. The minimum Gasteiger partial charge on any atom is -0.478 e. The van der Waals surface area contributed by atoms with Gasteiger partial charge in [0, 0.05) is 18.1 Å². The fourth-order valence-electron chi connectivity index (χ4n) is 1.22. The largest absolute Gasteiger partial charge is 0.478 e. The van der Waals surface area contributed by atoms with Gasteiger partial charge in [-0.25, -0.2) is 4.79 Å². The second kappa shape index (κ2) is 4.76. The van der Waals surface area contributed by atoms with Gasteiger partial charge in [-0.2, -0.15) is 0 Å². The molecule has 14 heavy (non-hydrogen) atoms. The molecule has 1 aliphatic rings. The number of aliphatic carboxylic acids is 1. The number of ether oxygens (including phenoxy) is 1. The summed E-state index contributed by atoms with van der Waals surface area (Å²) in [5.74, 6) is -1.25. The van der Waals surface area contributed by atoms with Gasteiger partial charge in [-0.1, -0.05) is 6.92 Å². The Labute approximate surface area is 81.7 Å². The van der Waals surface area contributed by atoms with Crippen molar-refractivity contribution in [1.82, 2.24) is 5.32 Å². The molecule has 5 nitrogen and oxygen atoms in total. The summed E-state index contributed by atoms with van der Waals surface area (Å²) in [4.78, 5) is 21.2. The van der Waals surface area contributed by atoms with E-state index < -0.39 is 11.9 Å². The van der Waals surface area contributed by atoms with Gasteiger partial charge in [0.25, 0.3) is 0 Å². The number of hydrogen-bond acceptors (Lipinski definition) is 3. The molecular weight excluding hydrogens is 186 g/mol. The molecular formula is C9H13NO4. The number of carbonyl (C=O) groups excluding carboxylic acids is 1. The molecule has 2 N–H and O–H groups in total. The monoisotopic (exact) mass is 199 g/mol. The topological polar surface area (TPSA) is 75.6 Å². The van der Waals surface area contributed by atoms with Gasteiger partial charge in [-0.15, -0.1) is 0 Å². The van der Waals surface area contributed by atoms with Crippen LogP contribution in [0.1, 0.15) is 6.92 Å². The number of rotatable bonds is 3. The molecule has 78 valence electrons. The summed E-state index contributed by atoms with van der Waals surface area (Å²) in [6.07, 6.45) is 1.82. The number of amides is 1. The van der Waals surface area contributed by atoms with Crippen molar-refractivity contribution in [3.05, 3.63) is 12.2 Å². The molecule has 1 aliphatic heterocycles. The highest BCUT2D eigenvalue weighted by Gasteiger charge is 2.24. The third-order valence-electron chi connectivity index (χ3n) is 2.07. The lowest BCUT2D eigenvalue weighted by Crippen LogP contribution is -2.38. The van der Waals surface area contributed by atoms with E-state index in [1.54, 1.807) is 0 Å². The van der Waals surface area contributed by atoms with Gasteiger partial charge >= 0.3 is 5.97 Å². The maximum atomic E-state index is 11.1. The lowest BCUT2D eigenvalue weighted by molar-refractivity contribution is -0.131. The fraction of sp³-hybridized carbons (Fsp3) is 0.556. The maximum absolute atomic E-state index is 11.1. The van der Waals surface area contributed by atoms with Crippen LogP contribution in [-0.4, -0.2) is 36.2 Å². The van der Waals surface area contributed by atoms with Crippen LogP contribution in [0.15, 0.2) is 12.2 Å². The third kappa shape index (κ3) is 3.18. The van der Waals surface area contributed by atoms with Gasteiger partial charge in [0.1, 0.15) is 0 Å². The van der Waals surface area contributed by atoms with Crippen molar-refractivity contribution in [2.24, 2.45) is 5.92 Å². The van der Waals surface area contributed by atoms with Crippen LogP contribution in [0.2, 0.25) is 0 Å². The highest BCUT2D eigenvalue weighted by molar-refractivity contribution is 5.94. The van der Waals surface area contributed by atoms with E-state index in [0.717, 1.165) is 12.2 Å². The molecule has 2 atom stereocenters. The first-order valence-corrected chi connectivity index (χ1v) is 4.39. The molecule has 2 unspecified atom stereocenters. The summed E-state index contributed by atoms with van der Waals surface area (Å²) in [6.45, 7) is 3.10. The highest BCUT2D eigenvalue weighted by Crippen LogP contribution is 2.11. The molecule has 0 aromatic heterocycles. The Kier molecular flexibility index (Phi) is 3.64. The lowest BCUT2D eigenvalue weighted by atomic mass is 10.1. The van der Waals surface area contributed by atoms with Crippen LogP contribution >= 0.6 is 0 Å². The van der Waals surface area contributed by atoms with Crippen LogP contribution < -0.4 is 5.32 Å². The third-order valence-corrected chi connectivity index (χ3v) is 2.07. The smallest absolute Gasteiger partial charge is 0.328 e. The van der Waals surface area contributed by atoms with E-state index in [1.807, 2.05) is 6.92 Å². The minimum atomic E-state index is -1.13. The molecule has 0 aliphatic carbocycles. The zero-order valence-corrected chi connectivity index (χ0v) is 7.90. The van der Waals surface area contributed by atoms with Gasteiger partial charge in [-0.3, -0.25) is 4.79 Å². The molecule has 1 amide bonds. The van der Waals surface area contributed by atoms with Crippen molar-refractivity contribution in [1.29, 1.82) is 0 Å². The molecule has 0 bridgehead atoms. The number of nitrogens with one attached hydrogen (secondary N) is 1. The molecule has 1 saturated heterocycles. The van der Waals surface area contributed by atoms with E-state index in [1.165, 1.54) is 0 Å². The number of carboxylic acid groups (broad SMARTS) is 1. The summed E-state index contributed by atoms with van der Waals surface area (Å²) in [7, 11) is 0. The first-order chi connectivity index (χ1) is 6.59. The van der Waals surface area contributed by atoms with Gasteiger partial charge in [-0.05, 0) is 0 Å². The number of carbonyl (C=O) groups is 2. The molecule has 0 saturated carbocycles. The van der Waals surface area contributed by atoms with Crippen LogP contribution in [0.25, 0.3) is 0 Å². The summed E-state index contributed by atoms with van der Waals surface area (Å²) in [5.41, 5.74) is 0. The van der Waals surface area contributed by atoms with E-state index in [9.17, 15) is 9.59 Å². The van der Waals surface area contributed by atoms with Crippen LogP contribution in [0.4, 0.5) is 0 Å². The predicted molar refractivity (Wildman–Crippen MR) is 48.7 cm³/mol. The normalized spacial score (nSPS) is 26.6. The van der Waals surface area contributed by atoms with Crippen molar-refractivity contribution in [3.63, 3.8) is 0 Å². The number of hydrogen-bond donors (Lipinski definition) is 2. The second-order valence-corrected chi connectivity index (χ2v) is 3.30. The molecule has 0 spiro atoms. The van der Waals surface area contributed by atoms with E-state index in [2.05, 4.69) is 5.32 Å². The van der Waals surface area contributed by atoms with Crippen molar-refractivity contribution in [2.75, 3.05) is 13.2 Å². The molecule has 1 fully saturated rings. The van der Waals surface area contributed by atoms with Crippen LogP contribution in [0.3, 0.4) is 0 Å². The van der Waals surface area contributed by atoms with Crippen molar-refractivity contribution < 1.29 is 19.4 Å². The number of carboxylic acids is 1. The Morgan fingerprint density at radius 2 is 2.14 bits per heavy atom. The van der Waals surface area contributed by atoms with Crippen LogP contribution in [0, 0.1) is 5.92 Å². The van der Waals surface area contributed by atoms with E-state index in [0.29, 0.717) is 13.2 Å². The Balaban J connectivity index is 2.36. The van der Waals surface area contributed by atoms with Crippen LogP contribution in [0.5, 0.6) is 0 Å². The quantitative estimate of drug-likeness (QED) is 0.616. The van der Waals surface area contributed by atoms with Crippen molar-refractivity contribution in [2.45, 2.75) is 13.0 Å². The summed E-state index contributed by atoms with van der Waals surface area (Å²) in [6, 6.07) is -0.0130. The molecule has 0 radical (unpaired) electrons. The molecule has 1 heterocycles. The van der Waals surface area contributed by atoms with E-state index in [-0.39, 0.29) is 12.0 Å². The molecule has 5 heteroatoms. The molecule has 1 rings (SSSR count). The predicted octanol–water partition coefficient (Wildman–Crippen LogP) is -0.222. The van der Waals surface area contributed by atoms with E-state index >= 15 is 0 Å². The van der Waals surface area contributed by atoms with Crippen molar-refractivity contribution >= 4 is 11.9 Å². The Morgan fingerprint density at radius 1 is 1.43 bits per heavy atom. The Bertz CT molecular complexity index is 262. The Morgan fingerprint density at radius 3 is 2.64 bits per heavy atom.